The van der Waals surface area contributed by atoms with Gasteiger partial charge in [-0.2, -0.15) is 15.0 Å². The molecule has 1 aromatic carbocycles. The van der Waals surface area contributed by atoms with E-state index in [2.05, 4.69) is 52.6 Å². The van der Waals surface area contributed by atoms with Gasteiger partial charge in [0.2, 0.25) is 17.8 Å². The van der Waals surface area contributed by atoms with Gasteiger partial charge in [0, 0.05) is 24.8 Å². The third-order valence-electron chi connectivity index (χ3n) is 5.33. The summed E-state index contributed by atoms with van der Waals surface area (Å²) >= 11 is 0. The van der Waals surface area contributed by atoms with Crippen LogP contribution in [-0.4, -0.2) is 47.3 Å². The molecule has 0 atom stereocenters. The molecule has 0 amide bonds. The van der Waals surface area contributed by atoms with Crippen molar-refractivity contribution in [1.82, 2.24) is 15.0 Å². The number of nitrogens with zero attached hydrogens (tertiary/aromatic N) is 4. The molecule has 1 saturated heterocycles. The molecule has 2 N–H and O–H groups in total. The zero-order chi connectivity index (χ0) is 19.3. The average molecular weight is 419 g/mol. The van der Waals surface area contributed by atoms with E-state index in [1.54, 1.807) is 0 Å². The largest absolute Gasteiger partial charge is 0.378 e. The SMILES string of the molecule is Cc1cc(C)cc(Nc2nc(NC3CCCCC3)nc(N3CCOCC3)n2)c1.Cl. The van der Waals surface area contributed by atoms with E-state index in [0.717, 1.165) is 18.8 Å². The predicted octanol–water partition coefficient (Wildman–Crippen LogP) is 4.24. The maximum atomic E-state index is 5.48. The first kappa shape index (κ1) is 21.6. The summed E-state index contributed by atoms with van der Waals surface area (Å²) in [6, 6.07) is 6.83. The zero-order valence-electron chi connectivity index (χ0n) is 17.3. The van der Waals surface area contributed by atoms with Crippen LogP contribution < -0.4 is 15.5 Å². The van der Waals surface area contributed by atoms with E-state index in [-0.39, 0.29) is 12.4 Å². The van der Waals surface area contributed by atoms with E-state index < -0.39 is 0 Å². The lowest BCUT2D eigenvalue weighted by Crippen LogP contribution is -2.37. The first-order chi connectivity index (χ1) is 13.7. The number of aromatic nitrogens is 3. The molecule has 158 valence electrons. The summed E-state index contributed by atoms with van der Waals surface area (Å²) in [5.74, 6) is 1.96. The van der Waals surface area contributed by atoms with Gasteiger partial charge < -0.3 is 20.3 Å². The first-order valence-electron chi connectivity index (χ1n) is 10.4. The topological polar surface area (TPSA) is 75.2 Å². The second kappa shape index (κ2) is 10.1. The lowest BCUT2D eigenvalue weighted by atomic mass is 9.96. The van der Waals surface area contributed by atoms with Crippen LogP contribution in [-0.2, 0) is 4.74 Å². The maximum Gasteiger partial charge on any atom is 0.233 e. The summed E-state index contributed by atoms with van der Waals surface area (Å²) in [6.07, 6.45) is 6.23. The number of ether oxygens (including phenoxy) is 1. The van der Waals surface area contributed by atoms with Gasteiger partial charge in [0.25, 0.3) is 0 Å². The molecule has 1 saturated carbocycles. The van der Waals surface area contributed by atoms with Crippen LogP contribution in [0.4, 0.5) is 23.5 Å². The molecule has 1 aliphatic carbocycles. The number of nitrogens with one attached hydrogen (secondary N) is 2. The summed E-state index contributed by atoms with van der Waals surface area (Å²) in [5, 5.41) is 6.93. The number of benzene rings is 1. The van der Waals surface area contributed by atoms with E-state index in [0.29, 0.717) is 37.1 Å². The number of aryl methyl sites for hydroxylation is 2. The number of rotatable bonds is 5. The minimum atomic E-state index is 0. The first-order valence-corrected chi connectivity index (χ1v) is 10.4. The molecule has 0 unspecified atom stereocenters. The maximum absolute atomic E-state index is 5.48. The fraction of sp³-hybridized carbons (Fsp3) is 0.571. The van der Waals surface area contributed by atoms with Crippen molar-refractivity contribution in [2.45, 2.75) is 52.0 Å². The van der Waals surface area contributed by atoms with Crippen LogP contribution in [0.3, 0.4) is 0 Å². The highest BCUT2D eigenvalue weighted by Crippen LogP contribution is 2.24. The van der Waals surface area contributed by atoms with E-state index in [4.69, 9.17) is 14.7 Å². The number of anilines is 4. The Morgan fingerprint density at radius 1 is 0.897 bits per heavy atom. The summed E-state index contributed by atoms with van der Waals surface area (Å²) in [6.45, 7) is 7.21. The number of hydrogen-bond acceptors (Lipinski definition) is 7. The van der Waals surface area contributed by atoms with Crippen LogP contribution in [0.15, 0.2) is 18.2 Å². The van der Waals surface area contributed by atoms with Crippen LogP contribution in [0.2, 0.25) is 0 Å². The van der Waals surface area contributed by atoms with Gasteiger partial charge in [-0.15, -0.1) is 12.4 Å². The fourth-order valence-electron chi connectivity index (χ4n) is 4.00. The van der Waals surface area contributed by atoms with E-state index in [1.165, 1.54) is 43.2 Å². The lowest BCUT2D eigenvalue weighted by molar-refractivity contribution is 0.122. The Kier molecular flexibility index (Phi) is 7.50. The van der Waals surface area contributed by atoms with Crippen molar-refractivity contribution in [2.24, 2.45) is 0 Å². The summed E-state index contributed by atoms with van der Waals surface area (Å²) in [7, 11) is 0. The molecule has 0 radical (unpaired) electrons. The third-order valence-corrected chi connectivity index (χ3v) is 5.33. The quantitative estimate of drug-likeness (QED) is 0.752. The lowest BCUT2D eigenvalue weighted by Gasteiger charge is -2.28. The highest BCUT2D eigenvalue weighted by molar-refractivity contribution is 5.85. The molecule has 8 heteroatoms. The number of hydrogen-bond donors (Lipinski definition) is 2. The van der Waals surface area contributed by atoms with Gasteiger partial charge in [-0.3, -0.25) is 0 Å². The van der Waals surface area contributed by atoms with Crippen molar-refractivity contribution in [3.8, 4) is 0 Å². The summed E-state index contributed by atoms with van der Waals surface area (Å²) in [4.78, 5) is 16.3. The molecule has 7 nitrogen and oxygen atoms in total. The van der Waals surface area contributed by atoms with E-state index >= 15 is 0 Å². The highest BCUT2D eigenvalue weighted by atomic mass is 35.5. The Bertz CT molecular complexity index is 786. The minimum absolute atomic E-state index is 0. The third kappa shape index (κ3) is 5.93. The molecule has 0 bridgehead atoms. The van der Waals surface area contributed by atoms with Gasteiger partial charge in [0.15, 0.2) is 0 Å². The molecule has 2 aromatic rings. The van der Waals surface area contributed by atoms with Crippen molar-refractivity contribution in [1.29, 1.82) is 0 Å². The van der Waals surface area contributed by atoms with Gasteiger partial charge in [-0.05, 0) is 49.9 Å². The van der Waals surface area contributed by atoms with Gasteiger partial charge in [-0.1, -0.05) is 25.3 Å². The van der Waals surface area contributed by atoms with E-state index in [1.807, 2.05) is 0 Å². The second-order valence-corrected chi connectivity index (χ2v) is 7.86. The van der Waals surface area contributed by atoms with Crippen LogP contribution in [0.25, 0.3) is 0 Å². The fourth-order valence-corrected chi connectivity index (χ4v) is 4.00. The zero-order valence-corrected chi connectivity index (χ0v) is 18.1. The molecule has 0 spiro atoms. The van der Waals surface area contributed by atoms with Crippen molar-refractivity contribution in [3.63, 3.8) is 0 Å². The molecule has 1 aliphatic heterocycles. The minimum Gasteiger partial charge on any atom is -0.378 e. The number of morpholine rings is 1. The van der Waals surface area contributed by atoms with Crippen LogP contribution in [0.1, 0.15) is 43.2 Å². The molecule has 2 aliphatic rings. The summed E-state index contributed by atoms with van der Waals surface area (Å²) < 4.78 is 5.48. The van der Waals surface area contributed by atoms with Gasteiger partial charge in [-0.25, -0.2) is 0 Å². The Morgan fingerprint density at radius 3 is 2.24 bits per heavy atom. The van der Waals surface area contributed by atoms with Crippen LogP contribution >= 0.6 is 12.4 Å². The standard InChI is InChI=1S/C21H30N6O.ClH/c1-15-12-16(2)14-18(13-15)23-20-24-19(22-17-6-4-3-5-7-17)25-21(26-20)27-8-10-28-11-9-27;/h12-14,17H,3-11H2,1-2H3,(H2,22,23,24,25,26);1H. The Hall–Kier alpha value is -2.12. The monoisotopic (exact) mass is 418 g/mol. The normalized spacial score (nSPS) is 17.5. The molecule has 29 heavy (non-hydrogen) atoms. The van der Waals surface area contributed by atoms with Crippen molar-refractivity contribution in [2.75, 3.05) is 41.8 Å². The molecule has 2 heterocycles. The molecular formula is C21H31ClN6O. The predicted molar refractivity (Wildman–Crippen MR) is 120 cm³/mol. The Morgan fingerprint density at radius 2 is 1.55 bits per heavy atom. The van der Waals surface area contributed by atoms with Gasteiger partial charge in [0.1, 0.15) is 0 Å². The van der Waals surface area contributed by atoms with E-state index in [9.17, 15) is 0 Å². The molecule has 1 aromatic heterocycles. The van der Waals surface area contributed by atoms with Gasteiger partial charge in [0.05, 0.1) is 13.2 Å². The Balaban J connectivity index is 0.00000240. The molecule has 2 fully saturated rings. The highest BCUT2D eigenvalue weighted by Gasteiger charge is 2.19. The van der Waals surface area contributed by atoms with Crippen molar-refractivity contribution >= 4 is 35.9 Å². The number of halogens is 1. The van der Waals surface area contributed by atoms with Gasteiger partial charge >= 0.3 is 0 Å². The Labute approximate surface area is 179 Å². The summed E-state index contributed by atoms with van der Waals surface area (Å²) in [5.41, 5.74) is 3.43. The second-order valence-electron chi connectivity index (χ2n) is 7.86. The van der Waals surface area contributed by atoms with Crippen molar-refractivity contribution < 1.29 is 4.74 Å². The molecule has 4 rings (SSSR count). The smallest absolute Gasteiger partial charge is 0.233 e. The van der Waals surface area contributed by atoms with Crippen LogP contribution in [0, 0.1) is 13.8 Å². The average Bonchev–Trinajstić information content (AvgIpc) is 2.68. The van der Waals surface area contributed by atoms with Crippen LogP contribution in [0.5, 0.6) is 0 Å². The molecular weight excluding hydrogens is 388 g/mol. The van der Waals surface area contributed by atoms with Crippen molar-refractivity contribution in [3.05, 3.63) is 29.3 Å².